The van der Waals surface area contributed by atoms with Gasteiger partial charge in [0.2, 0.25) is 0 Å². The van der Waals surface area contributed by atoms with Crippen LogP contribution in [0.3, 0.4) is 0 Å². The van der Waals surface area contributed by atoms with Gasteiger partial charge in [-0.25, -0.2) is 4.79 Å². The number of benzene rings is 3. The number of hydrogen-bond donors (Lipinski definition) is 2. The Bertz CT molecular complexity index is 938. The first-order valence-electron chi connectivity index (χ1n) is 9.93. The number of anilines is 2. The van der Waals surface area contributed by atoms with Crippen LogP contribution < -0.4 is 10.6 Å². The van der Waals surface area contributed by atoms with Crippen LogP contribution in [0.1, 0.15) is 32.4 Å². The molecule has 3 aromatic carbocycles. The SMILES string of the molecule is CC(C)(C)OC(=O)[C@@H](Nc1ccccc1)[C@@H](Nc1ccccc1)c1ccc(Br)cc1. The Labute approximate surface area is 186 Å². The summed E-state index contributed by atoms with van der Waals surface area (Å²) in [7, 11) is 0. The summed E-state index contributed by atoms with van der Waals surface area (Å²) in [4.78, 5) is 13.3. The number of hydrogen-bond acceptors (Lipinski definition) is 4. The number of para-hydroxylation sites is 2. The van der Waals surface area contributed by atoms with Crippen molar-refractivity contribution in [3.63, 3.8) is 0 Å². The van der Waals surface area contributed by atoms with Crippen molar-refractivity contribution in [2.75, 3.05) is 10.6 Å². The number of ether oxygens (including phenoxy) is 1. The van der Waals surface area contributed by atoms with Gasteiger partial charge in [-0.1, -0.05) is 64.5 Å². The molecule has 0 heterocycles. The summed E-state index contributed by atoms with van der Waals surface area (Å²) >= 11 is 3.49. The molecule has 0 bridgehead atoms. The molecule has 0 aliphatic heterocycles. The first-order valence-corrected chi connectivity index (χ1v) is 10.7. The second-order valence-electron chi connectivity index (χ2n) is 8.06. The molecule has 0 saturated heterocycles. The summed E-state index contributed by atoms with van der Waals surface area (Å²) in [5.41, 5.74) is 2.16. The number of rotatable bonds is 7. The zero-order valence-electron chi connectivity index (χ0n) is 17.4. The lowest BCUT2D eigenvalue weighted by Gasteiger charge is -2.32. The molecule has 2 atom stereocenters. The van der Waals surface area contributed by atoms with Crippen LogP contribution in [0.25, 0.3) is 0 Å². The topological polar surface area (TPSA) is 50.4 Å². The highest BCUT2D eigenvalue weighted by Crippen LogP contribution is 2.28. The number of halogens is 1. The second-order valence-corrected chi connectivity index (χ2v) is 8.98. The Morgan fingerprint density at radius 1 is 0.800 bits per heavy atom. The van der Waals surface area contributed by atoms with Crippen LogP contribution in [0.5, 0.6) is 0 Å². The fourth-order valence-electron chi connectivity index (χ4n) is 3.10. The van der Waals surface area contributed by atoms with Gasteiger partial charge in [-0.15, -0.1) is 0 Å². The van der Waals surface area contributed by atoms with Gasteiger partial charge in [-0.2, -0.15) is 0 Å². The Kier molecular flexibility index (Phi) is 7.16. The van der Waals surface area contributed by atoms with Crippen molar-refractivity contribution in [2.24, 2.45) is 0 Å². The van der Waals surface area contributed by atoms with Crippen molar-refractivity contribution in [2.45, 2.75) is 38.5 Å². The predicted molar refractivity (Wildman–Crippen MR) is 127 cm³/mol. The maximum Gasteiger partial charge on any atom is 0.331 e. The highest BCUT2D eigenvalue weighted by Gasteiger charge is 2.33. The Balaban J connectivity index is 2.01. The average Bonchev–Trinajstić information content (AvgIpc) is 2.71. The minimum atomic E-state index is -0.645. The molecule has 0 aromatic heterocycles. The third-order valence-corrected chi connectivity index (χ3v) is 4.94. The van der Waals surface area contributed by atoms with E-state index in [-0.39, 0.29) is 12.0 Å². The molecular formula is C25H27BrN2O2. The molecule has 0 spiro atoms. The molecule has 156 valence electrons. The highest BCUT2D eigenvalue weighted by atomic mass is 79.9. The van der Waals surface area contributed by atoms with Gasteiger partial charge in [0.1, 0.15) is 11.6 Å². The van der Waals surface area contributed by atoms with Crippen molar-refractivity contribution in [1.82, 2.24) is 0 Å². The van der Waals surface area contributed by atoms with E-state index in [1.165, 1.54) is 0 Å². The number of nitrogens with one attached hydrogen (secondary N) is 2. The maximum atomic E-state index is 13.3. The van der Waals surface area contributed by atoms with E-state index in [1.54, 1.807) is 0 Å². The molecular weight excluding hydrogens is 440 g/mol. The molecule has 5 heteroatoms. The summed E-state index contributed by atoms with van der Waals surface area (Å²) in [6.45, 7) is 5.64. The third-order valence-electron chi connectivity index (χ3n) is 4.42. The third kappa shape index (κ3) is 6.36. The highest BCUT2D eigenvalue weighted by molar-refractivity contribution is 9.10. The monoisotopic (exact) mass is 466 g/mol. The smallest absolute Gasteiger partial charge is 0.331 e. The molecule has 3 rings (SSSR count). The van der Waals surface area contributed by atoms with Crippen LogP contribution >= 0.6 is 15.9 Å². The molecule has 30 heavy (non-hydrogen) atoms. The summed E-state index contributed by atoms with van der Waals surface area (Å²) < 4.78 is 6.77. The molecule has 0 saturated carbocycles. The Morgan fingerprint density at radius 2 is 1.30 bits per heavy atom. The van der Waals surface area contributed by atoms with Crippen LogP contribution in [0.2, 0.25) is 0 Å². The van der Waals surface area contributed by atoms with E-state index in [1.807, 2.05) is 106 Å². The van der Waals surface area contributed by atoms with Gasteiger partial charge in [-0.05, 0) is 62.7 Å². The van der Waals surface area contributed by atoms with Crippen molar-refractivity contribution < 1.29 is 9.53 Å². The number of esters is 1. The van der Waals surface area contributed by atoms with Gasteiger partial charge >= 0.3 is 5.97 Å². The number of carbonyl (C=O) groups is 1. The van der Waals surface area contributed by atoms with Crippen molar-refractivity contribution in [1.29, 1.82) is 0 Å². The first kappa shape index (κ1) is 21.9. The molecule has 0 radical (unpaired) electrons. The largest absolute Gasteiger partial charge is 0.458 e. The lowest BCUT2D eigenvalue weighted by atomic mass is 9.97. The number of carbonyl (C=O) groups excluding carboxylic acids is 1. The van der Waals surface area contributed by atoms with Gasteiger partial charge in [0, 0.05) is 15.8 Å². The lowest BCUT2D eigenvalue weighted by Crippen LogP contribution is -2.43. The summed E-state index contributed by atoms with van der Waals surface area (Å²) in [6.07, 6.45) is 0. The van der Waals surface area contributed by atoms with E-state index in [9.17, 15) is 4.79 Å². The Morgan fingerprint density at radius 3 is 1.80 bits per heavy atom. The summed E-state index contributed by atoms with van der Waals surface area (Å²) in [5.74, 6) is -0.317. The van der Waals surface area contributed by atoms with Gasteiger partial charge in [0.25, 0.3) is 0 Å². The van der Waals surface area contributed by atoms with E-state index in [0.29, 0.717) is 0 Å². The Hall–Kier alpha value is -2.79. The van der Waals surface area contributed by atoms with Crippen LogP contribution in [-0.4, -0.2) is 17.6 Å². The quantitative estimate of drug-likeness (QED) is 0.394. The first-order chi connectivity index (χ1) is 14.3. The van der Waals surface area contributed by atoms with E-state index >= 15 is 0 Å². The van der Waals surface area contributed by atoms with Crippen LogP contribution in [0, 0.1) is 0 Å². The molecule has 0 unspecified atom stereocenters. The molecule has 0 aliphatic carbocycles. The standard InChI is InChI=1S/C25H27BrN2O2/c1-25(2,3)30-24(29)23(28-21-12-8-5-9-13-21)22(18-14-16-19(26)17-15-18)27-20-10-6-4-7-11-20/h4-17,22-23,27-28H,1-3H3/t22-,23-/m0/s1. The average molecular weight is 467 g/mol. The maximum absolute atomic E-state index is 13.3. The van der Waals surface area contributed by atoms with E-state index in [2.05, 4.69) is 26.6 Å². The molecule has 0 fully saturated rings. The van der Waals surface area contributed by atoms with Crippen LogP contribution in [0.15, 0.2) is 89.4 Å². The molecule has 2 N–H and O–H groups in total. The van der Waals surface area contributed by atoms with Crippen molar-refractivity contribution in [3.05, 3.63) is 95.0 Å². The van der Waals surface area contributed by atoms with E-state index < -0.39 is 11.6 Å². The van der Waals surface area contributed by atoms with E-state index in [4.69, 9.17) is 4.74 Å². The van der Waals surface area contributed by atoms with Crippen LogP contribution in [0.4, 0.5) is 11.4 Å². The second kappa shape index (κ2) is 9.81. The van der Waals surface area contributed by atoms with Gasteiger partial charge in [0.05, 0.1) is 6.04 Å². The summed E-state index contributed by atoms with van der Waals surface area (Å²) in [6, 6.07) is 26.6. The van der Waals surface area contributed by atoms with Crippen molar-refractivity contribution >= 4 is 33.3 Å². The molecule has 3 aromatic rings. The lowest BCUT2D eigenvalue weighted by molar-refractivity contribution is -0.156. The zero-order chi connectivity index (χ0) is 21.6. The molecule has 0 aliphatic rings. The van der Waals surface area contributed by atoms with Crippen LogP contribution in [-0.2, 0) is 9.53 Å². The molecule has 4 nitrogen and oxygen atoms in total. The minimum Gasteiger partial charge on any atom is -0.458 e. The fourth-order valence-corrected chi connectivity index (χ4v) is 3.37. The summed E-state index contributed by atoms with van der Waals surface area (Å²) in [5, 5.41) is 6.91. The minimum absolute atomic E-state index is 0.317. The molecule has 0 amide bonds. The van der Waals surface area contributed by atoms with E-state index in [0.717, 1.165) is 21.4 Å². The van der Waals surface area contributed by atoms with Gasteiger partial charge < -0.3 is 15.4 Å². The van der Waals surface area contributed by atoms with Gasteiger partial charge in [0.15, 0.2) is 0 Å². The fraction of sp³-hybridized carbons (Fsp3) is 0.240. The predicted octanol–water partition coefficient (Wildman–Crippen LogP) is 6.42. The zero-order valence-corrected chi connectivity index (χ0v) is 19.0. The normalized spacial score (nSPS) is 13.2. The van der Waals surface area contributed by atoms with Crippen molar-refractivity contribution in [3.8, 4) is 0 Å². The van der Waals surface area contributed by atoms with Gasteiger partial charge in [-0.3, -0.25) is 0 Å².